The fourth-order valence-corrected chi connectivity index (χ4v) is 2.59. The summed E-state index contributed by atoms with van der Waals surface area (Å²) in [7, 11) is 1.57. The molecule has 0 spiro atoms. The van der Waals surface area contributed by atoms with Crippen LogP contribution < -0.4 is 0 Å². The number of amides is 1. The number of aromatic hydroxyl groups is 1. The third kappa shape index (κ3) is 4.48. The zero-order valence-electron chi connectivity index (χ0n) is 15.7. The van der Waals surface area contributed by atoms with E-state index in [0.717, 1.165) is 16.7 Å². The number of aliphatic hydroxyl groups is 2. The summed E-state index contributed by atoms with van der Waals surface area (Å²) in [6.45, 7) is 9.10. The van der Waals surface area contributed by atoms with Gasteiger partial charge in [0.2, 0.25) is 5.91 Å². The van der Waals surface area contributed by atoms with Gasteiger partial charge in [-0.3, -0.25) is 4.79 Å². The molecule has 0 heterocycles. The molecule has 0 bridgehead atoms. The van der Waals surface area contributed by atoms with Crippen molar-refractivity contribution in [3.8, 4) is 5.75 Å². The lowest BCUT2D eigenvalue weighted by atomic mass is 9.83. The Balaban J connectivity index is 2.96. The molecule has 5 nitrogen and oxygen atoms in total. The van der Waals surface area contributed by atoms with Crippen LogP contribution in [0, 0.1) is 6.92 Å². The highest BCUT2D eigenvalue weighted by molar-refractivity contribution is 5.77. The van der Waals surface area contributed by atoms with E-state index in [1.807, 2.05) is 39.8 Å². The number of benzene rings is 1. The zero-order chi connectivity index (χ0) is 18.7. The van der Waals surface area contributed by atoms with Crippen molar-refractivity contribution >= 4 is 5.91 Å². The second-order valence-corrected chi connectivity index (χ2v) is 7.84. The van der Waals surface area contributed by atoms with Crippen molar-refractivity contribution < 1.29 is 20.1 Å². The number of carbonyl (C=O) groups excluding carboxylic acids is 1. The molecule has 0 atom stereocenters. The molecule has 0 saturated carbocycles. The van der Waals surface area contributed by atoms with Crippen LogP contribution in [0.4, 0.5) is 0 Å². The lowest BCUT2D eigenvalue weighted by Gasteiger charge is -2.35. The zero-order valence-corrected chi connectivity index (χ0v) is 15.7. The SMILES string of the molecule is Cc1cc(CCC(=O)N(C)C(C)(CO)CO)c(O)c(C(C)(C)C)c1. The second kappa shape index (κ2) is 7.53. The Morgan fingerprint density at radius 3 is 2.12 bits per heavy atom. The number of nitrogens with zero attached hydrogens (tertiary/aromatic N) is 1. The molecular formula is C19H31NO4. The molecule has 1 aromatic rings. The highest BCUT2D eigenvalue weighted by Crippen LogP contribution is 2.35. The van der Waals surface area contributed by atoms with Crippen LogP contribution in [-0.2, 0) is 16.6 Å². The van der Waals surface area contributed by atoms with Crippen LogP contribution >= 0.6 is 0 Å². The van der Waals surface area contributed by atoms with Crippen molar-refractivity contribution in [2.75, 3.05) is 20.3 Å². The number of phenols is 1. The Morgan fingerprint density at radius 2 is 1.67 bits per heavy atom. The smallest absolute Gasteiger partial charge is 0.223 e. The molecule has 1 aromatic carbocycles. The van der Waals surface area contributed by atoms with Crippen LogP contribution in [0.25, 0.3) is 0 Å². The predicted molar refractivity (Wildman–Crippen MR) is 95.2 cm³/mol. The fraction of sp³-hybridized carbons (Fsp3) is 0.632. The molecule has 5 heteroatoms. The molecule has 1 rings (SSSR count). The monoisotopic (exact) mass is 337 g/mol. The Kier molecular flexibility index (Phi) is 6.42. The van der Waals surface area contributed by atoms with Crippen molar-refractivity contribution in [1.29, 1.82) is 0 Å². The van der Waals surface area contributed by atoms with E-state index in [-0.39, 0.29) is 36.7 Å². The summed E-state index contributed by atoms with van der Waals surface area (Å²) in [6.07, 6.45) is 0.611. The first-order chi connectivity index (χ1) is 11.0. The normalized spacial score (nSPS) is 12.3. The number of rotatable bonds is 6. The molecule has 0 radical (unpaired) electrons. The van der Waals surface area contributed by atoms with E-state index in [0.29, 0.717) is 6.42 Å². The van der Waals surface area contributed by atoms with Gasteiger partial charge in [0.25, 0.3) is 0 Å². The van der Waals surface area contributed by atoms with Gasteiger partial charge in [0, 0.05) is 13.5 Å². The molecule has 0 aliphatic rings. The van der Waals surface area contributed by atoms with E-state index >= 15 is 0 Å². The first-order valence-corrected chi connectivity index (χ1v) is 8.27. The number of carbonyl (C=O) groups is 1. The Hall–Kier alpha value is -1.59. The number of phenolic OH excluding ortho intramolecular Hbond substituents is 1. The maximum atomic E-state index is 12.4. The Labute approximate surface area is 144 Å². The van der Waals surface area contributed by atoms with Gasteiger partial charge in [-0.2, -0.15) is 0 Å². The highest BCUT2D eigenvalue weighted by atomic mass is 16.3. The summed E-state index contributed by atoms with van der Waals surface area (Å²) in [6, 6.07) is 3.87. The second-order valence-electron chi connectivity index (χ2n) is 7.84. The highest BCUT2D eigenvalue weighted by Gasteiger charge is 2.31. The predicted octanol–water partition coefficient (Wildman–Crippen LogP) is 2.13. The standard InChI is InChI=1S/C19H31NO4/c1-13-9-14(17(24)15(10-13)18(2,3)4)7-8-16(23)20(6)19(5,11-21)12-22/h9-10,21-22,24H,7-8,11-12H2,1-6H3. The number of hydrogen-bond acceptors (Lipinski definition) is 4. The van der Waals surface area contributed by atoms with Gasteiger partial charge < -0.3 is 20.2 Å². The van der Waals surface area contributed by atoms with Gasteiger partial charge in [0.15, 0.2) is 0 Å². The summed E-state index contributed by atoms with van der Waals surface area (Å²) in [5.74, 6) is 0.0643. The molecule has 24 heavy (non-hydrogen) atoms. The molecule has 0 aliphatic carbocycles. The number of hydrogen-bond donors (Lipinski definition) is 3. The molecule has 1 amide bonds. The van der Waals surface area contributed by atoms with Crippen molar-refractivity contribution in [2.24, 2.45) is 0 Å². The topological polar surface area (TPSA) is 81.0 Å². The largest absolute Gasteiger partial charge is 0.507 e. The van der Waals surface area contributed by atoms with Crippen molar-refractivity contribution in [3.63, 3.8) is 0 Å². The van der Waals surface area contributed by atoms with Crippen molar-refractivity contribution in [3.05, 3.63) is 28.8 Å². The van der Waals surface area contributed by atoms with Gasteiger partial charge >= 0.3 is 0 Å². The van der Waals surface area contributed by atoms with Gasteiger partial charge in [-0.25, -0.2) is 0 Å². The number of likely N-dealkylation sites (N-methyl/N-ethyl adjacent to an activating group) is 1. The number of aliphatic hydroxyl groups excluding tert-OH is 2. The molecule has 0 fully saturated rings. The Bertz CT molecular complexity index is 586. The van der Waals surface area contributed by atoms with Crippen LogP contribution in [0.3, 0.4) is 0 Å². The average molecular weight is 337 g/mol. The third-order valence-electron chi connectivity index (χ3n) is 4.61. The van der Waals surface area contributed by atoms with E-state index in [2.05, 4.69) is 0 Å². The minimum Gasteiger partial charge on any atom is -0.507 e. The van der Waals surface area contributed by atoms with E-state index in [1.165, 1.54) is 4.90 Å². The third-order valence-corrected chi connectivity index (χ3v) is 4.61. The lowest BCUT2D eigenvalue weighted by Crippen LogP contribution is -2.52. The molecule has 0 aliphatic heterocycles. The van der Waals surface area contributed by atoms with E-state index in [1.54, 1.807) is 14.0 Å². The Morgan fingerprint density at radius 1 is 1.12 bits per heavy atom. The van der Waals surface area contributed by atoms with Crippen LogP contribution in [0.1, 0.15) is 50.8 Å². The molecule has 3 N–H and O–H groups in total. The summed E-state index contributed by atoms with van der Waals surface area (Å²) < 4.78 is 0. The first kappa shape index (κ1) is 20.5. The van der Waals surface area contributed by atoms with Gasteiger partial charge in [-0.1, -0.05) is 38.5 Å². The first-order valence-electron chi connectivity index (χ1n) is 8.27. The fourth-order valence-electron chi connectivity index (χ4n) is 2.59. The van der Waals surface area contributed by atoms with Gasteiger partial charge in [0.05, 0.1) is 18.8 Å². The van der Waals surface area contributed by atoms with Gasteiger partial charge in [-0.15, -0.1) is 0 Å². The minimum atomic E-state index is -0.984. The summed E-state index contributed by atoms with van der Waals surface area (Å²) in [5, 5.41) is 29.4. The molecule has 0 unspecified atom stereocenters. The van der Waals surface area contributed by atoms with Gasteiger partial charge in [0.1, 0.15) is 5.75 Å². The quantitative estimate of drug-likeness (QED) is 0.743. The van der Waals surface area contributed by atoms with Crippen LogP contribution in [-0.4, -0.2) is 51.9 Å². The van der Waals surface area contributed by atoms with Crippen molar-refractivity contribution in [1.82, 2.24) is 4.90 Å². The lowest BCUT2D eigenvalue weighted by molar-refractivity contribution is -0.138. The number of aryl methyl sites for hydroxylation is 2. The summed E-state index contributed by atoms with van der Waals surface area (Å²) >= 11 is 0. The maximum absolute atomic E-state index is 12.4. The van der Waals surface area contributed by atoms with Crippen LogP contribution in [0.15, 0.2) is 12.1 Å². The minimum absolute atomic E-state index is 0.182. The van der Waals surface area contributed by atoms with E-state index < -0.39 is 5.54 Å². The molecule has 136 valence electrons. The van der Waals surface area contributed by atoms with Gasteiger partial charge in [-0.05, 0) is 36.8 Å². The van der Waals surface area contributed by atoms with Crippen LogP contribution in [0.2, 0.25) is 0 Å². The molecule has 0 saturated heterocycles. The maximum Gasteiger partial charge on any atom is 0.223 e. The molecule has 0 aromatic heterocycles. The van der Waals surface area contributed by atoms with E-state index in [4.69, 9.17) is 0 Å². The average Bonchev–Trinajstić information content (AvgIpc) is 2.52. The van der Waals surface area contributed by atoms with E-state index in [9.17, 15) is 20.1 Å². The molecular weight excluding hydrogens is 306 g/mol. The van der Waals surface area contributed by atoms with Crippen LogP contribution in [0.5, 0.6) is 5.75 Å². The van der Waals surface area contributed by atoms with Crippen molar-refractivity contribution in [2.45, 2.75) is 58.4 Å². The summed E-state index contributed by atoms with van der Waals surface area (Å²) in [4.78, 5) is 13.8. The summed E-state index contributed by atoms with van der Waals surface area (Å²) in [5.41, 5.74) is 1.50.